The van der Waals surface area contributed by atoms with Crippen LogP contribution in [0.4, 0.5) is 8.78 Å². The lowest BCUT2D eigenvalue weighted by atomic mass is 10.1. The third-order valence-corrected chi connectivity index (χ3v) is 4.11. The van der Waals surface area contributed by atoms with E-state index in [1.165, 1.54) is 11.8 Å². The maximum atomic E-state index is 12.6. The number of nitrogens with zero attached hydrogens (tertiary/aromatic N) is 3. The van der Waals surface area contributed by atoms with Gasteiger partial charge in [-0.25, -0.2) is 13.5 Å². The summed E-state index contributed by atoms with van der Waals surface area (Å²) in [6, 6.07) is 14.0. The van der Waals surface area contributed by atoms with E-state index < -0.39 is 12.2 Å². The van der Waals surface area contributed by atoms with Gasteiger partial charge in [0.15, 0.2) is 0 Å². The zero-order chi connectivity index (χ0) is 14.8. The number of halogens is 2. The fourth-order valence-corrected chi connectivity index (χ4v) is 2.96. The predicted octanol–water partition coefficient (Wildman–Crippen LogP) is 3.38. The highest BCUT2D eigenvalue weighted by Gasteiger charge is 2.18. The fraction of sp³-hybridized carbons (Fsp3) is 0.143. The number of benzene rings is 2. The van der Waals surface area contributed by atoms with E-state index >= 15 is 0 Å². The van der Waals surface area contributed by atoms with Gasteiger partial charge in [0.05, 0.1) is 0 Å². The standard InChI is InChI=1S/C14H12F2N4S/c15-12(16)13-18-19-14(20(13)17)21-8-10-6-3-5-9-4-1-2-7-11(9)10/h1-7,12H,8,17H2. The van der Waals surface area contributed by atoms with Crippen molar-refractivity contribution in [2.45, 2.75) is 17.3 Å². The van der Waals surface area contributed by atoms with Crippen LogP contribution in [0.25, 0.3) is 10.8 Å². The summed E-state index contributed by atoms with van der Waals surface area (Å²) >= 11 is 1.28. The molecule has 0 saturated carbocycles. The monoisotopic (exact) mass is 306 g/mol. The van der Waals surface area contributed by atoms with Crippen LogP contribution in [0.3, 0.4) is 0 Å². The van der Waals surface area contributed by atoms with Crippen LogP contribution < -0.4 is 5.84 Å². The summed E-state index contributed by atoms with van der Waals surface area (Å²) in [7, 11) is 0. The van der Waals surface area contributed by atoms with E-state index in [1.807, 2.05) is 42.5 Å². The zero-order valence-corrected chi connectivity index (χ0v) is 11.7. The first kappa shape index (κ1) is 13.8. The Morgan fingerprint density at radius 2 is 1.86 bits per heavy atom. The number of hydrogen-bond donors (Lipinski definition) is 1. The Balaban J connectivity index is 1.84. The summed E-state index contributed by atoms with van der Waals surface area (Å²) in [4.78, 5) is 0. The molecule has 2 N–H and O–H groups in total. The van der Waals surface area contributed by atoms with Crippen molar-refractivity contribution in [3.8, 4) is 0 Å². The highest BCUT2D eigenvalue weighted by atomic mass is 32.2. The van der Waals surface area contributed by atoms with Crippen LogP contribution in [0.2, 0.25) is 0 Å². The number of alkyl halides is 2. The molecular formula is C14H12F2N4S. The van der Waals surface area contributed by atoms with Gasteiger partial charge in [-0.3, -0.25) is 0 Å². The molecule has 0 amide bonds. The molecule has 0 saturated heterocycles. The number of nitrogen functional groups attached to an aromatic ring is 1. The maximum absolute atomic E-state index is 12.6. The largest absolute Gasteiger partial charge is 0.335 e. The first-order valence-electron chi connectivity index (χ1n) is 6.25. The van der Waals surface area contributed by atoms with Crippen LogP contribution in [0.5, 0.6) is 0 Å². The third kappa shape index (κ3) is 2.69. The minimum Gasteiger partial charge on any atom is -0.335 e. The van der Waals surface area contributed by atoms with Crippen LogP contribution in [0, 0.1) is 0 Å². The van der Waals surface area contributed by atoms with E-state index in [1.54, 1.807) is 0 Å². The smallest absolute Gasteiger partial charge is 0.299 e. The summed E-state index contributed by atoms with van der Waals surface area (Å²) < 4.78 is 26.0. The summed E-state index contributed by atoms with van der Waals surface area (Å²) in [5, 5.41) is 9.65. The van der Waals surface area contributed by atoms with E-state index in [-0.39, 0.29) is 5.16 Å². The number of aromatic nitrogens is 3. The molecule has 3 rings (SSSR count). The Labute approximate surface area is 123 Å². The lowest BCUT2D eigenvalue weighted by Gasteiger charge is -2.06. The van der Waals surface area contributed by atoms with Crippen LogP contribution in [0.1, 0.15) is 17.8 Å². The van der Waals surface area contributed by atoms with Gasteiger partial charge < -0.3 is 5.84 Å². The summed E-state index contributed by atoms with van der Waals surface area (Å²) in [6.45, 7) is 0. The molecule has 21 heavy (non-hydrogen) atoms. The average molecular weight is 306 g/mol. The van der Waals surface area contributed by atoms with Crippen LogP contribution in [-0.2, 0) is 5.75 Å². The summed E-state index contributed by atoms with van der Waals surface area (Å²) in [5.41, 5.74) is 1.10. The minimum absolute atomic E-state index is 0.276. The van der Waals surface area contributed by atoms with Crippen molar-refractivity contribution in [2.24, 2.45) is 0 Å². The number of hydrogen-bond acceptors (Lipinski definition) is 4. The Kier molecular flexibility index (Phi) is 3.74. The molecule has 0 aliphatic rings. The Morgan fingerprint density at radius 1 is 1.10 bits per heavy atom. The van der Waals surface area contributed by atoms with Gasteiger partial charge in [0.2, 0.25) is 11.0 Å². The highest BCUT2D eigenvalue weighted by Crippen LogP contribution is 2.27. The Bertz CT molecular complexity index is 767. The Morgan fingerprint density at radius 3 is 2.62 bits per heavy atom. The molecule has 1 heterocycles. The second-order valence-electron chi connectivity index (χ2n) is 4.44. The van der Waals surface area contributed by atoms with E-state index in [4.69, 9.17) is 5.84 Å². The lowest BCUT2D eigenvalue weighted by Crippen LogP contribution is -2.14. The molecule has 4 nitrogen and oxygen atoms in total. The van der Waals surface area contributed by atoms with E-state index in [2.05, 4.69) is 10.2 Å². The molecule has 108 valence electrons. The van der Waals surface area contributed by atoms with Gasteiger partial charge in [-0.05, 0) is 16.3 Å². The minimum atomic E-state index is -2.73. The molecule has 0 bridgehead atoms. The van der Waals surface area contributed by atoms with Crippen molar-refractivity contribution in [2.75, 3.05) is 5.84 Å². The molecule has 0 aliphatic carbocycles. The van der Waals surface area contributed by atoms with Crippen molar-refractivity contribution in [1.82, 2.24) is 14.9 Å². The van der Waals surface area contributed by atoms with E-state index in [9.17, 15) is 8.78 Å². The zero-order valence-electron chi connectivity index (χ0n) is 10.9. The molecule has 0 atom stereocenters. The first-order valence-corrected chi connectivity index (χ1v) is 7.23. The molecular weight excluding hydrogens is 294 g/mol. The van der Waals surface area contributed by atoms with Crippen molar-refractivity contribution in [3.63, 3.8) is 0 Å². The second-order valence-corrected chi connectivity index (χ2v) is 5.38. The maximum Gasteiger partial charge on any atom is 0.299 e. The molecule has 1 aromatic heterocycles. The quantitative estimate of drug-likeness (QED) is 0.593. The van der Waals surface area contributed by atoms with Crippen molar-refractivity contribution in [3.05, 3.63) is 53.9 Å². The molecule has 7 heteroatoms. The van der Waals surface area contributed by atoms with Gasteiger partial charge in [0.1, 0.15) is 0 Å². The van der Waals surface area contributed by atoms with Gasteiger partial charge >= 0.3 is 0 Å². The molecule has 0 unspecified atom stereocenters. The molecule has 0 spiro atoms. The lowest BCUT2D eigenvalue weighted by molar-refractivity contribution is 0.136. The Hall–Kier alpha value is -2.15. The van der Waals surface area contributed by atoms with Gasteiger partial charge in [-0.1, -0.05) is 54.2 Å². The first-order chi connectivity index (χ1) is 10.2. The van der Waals surface area contributed by atoms with Gasteiger partial charge in [0.25, 0.3) is 6.43 Å². The number of fused-ring (bicyclic) bond motifs is 1. The second kappa shape index (κ2) is 5.69. The van der Waals surface area contributed by atoms with Gasteiger partial charge in [0, 0.05) is 5.75 Å². The normalized spacial score (nSPS) is 11.4. The SMILES string of the molecule is Nn1c(SCc2cccc3ccccc23)nnc1C(F)F. The van der Waals surface area contributed by atoms with E-state index in [0.29, 0.717) is 5.75 Å². The third-order valence-electron chi connectivity index (χ3n) is 3.12. The van der Waals surface area contributed by atoms with E-state index in [0.717, 1.165) is 21.0 Å². The summed E-state index contributed by atoms with van der Waals surface area (Å²) in [6.07, 6.45) is -2.73. The number of nitrogens with two attached hydrogens (primary N) is 1. The number of rotatable bonds is 4. The predicted molar refractivity (Wildman–Crippen MR) is 78.6 cm³/mol. The van der Waals surface area contributed by atoms with Crippen molar-refractivity contribution < 1.29 is 8.78 Å². The summed E-state index contributed by atoms with van der Waals surface area (Å²) in [5.74, 6) is 5.64. The van der Waals surface area contributed by atoms with Crippen LogP contribution in [0.15, 0.2) is 47.6 Å². The number of thioether (sulfide) groups is 1. The topological polar surface area (TPSA) is 56.7 Å². The average Bonchev–Trinajstić information content (AvgIpc) is 2.86. The molecule has 2 aromatic carbocycles. The molecule has 0 radical (unpaired) electrons. The van der Waals surface area contributed by atoms with Gasteiger partial charge in [-0.15, -0.1) is 10.2 Å². The molecule has 0 aliphatic heterocycles. The van der Waals surface area contributed by atoms with Crippen molar-refractivity contribution in [1.29, 1.82) is 0 Å². The van der Waals surface area contributed by atoms with Crippen molar-refractivity contribution >= 4 is 22.5 Å². The fourth-order valence-electron chi connectivity index (χ4n) is 2.10. The highest BCUT2D eigenvalue weighted by molar-refractivity contribution is 7.98. The van der Waals surface area contributed by atoms with Crippen LogP contribution >= 0.6 is 11.8 Å². The van der Waals surface area contributed by atoms with Crippen LogP contribution in [-0.4, -0.2) is 14.9 Å². The molecule has 3 aromatic rings. The van der Waals surface area contributed by atoms with Gasteiger partial charge in [-0.2, -0.15) is 0 Å². The molecule has 0 fully saturated rings.